The summed E-state index contributed by atoms with van der Waals surface area (Å²) in [5.41, 5.74) is 21.4. The third kappa shape index (κ3) is 42.9. The third-order valence-corrected chi connectivity index (χ3v) is 8.42. The summed E-state index contributed by atoms with van der Waals surface area (Å²) in [4.78, 5) is 129. The Kier molecular flexibility index (Phi) is 37.1. The zero-order chi connectivity index (χ0) is 59.6. The van der Waals surface area contributed by atoms with Gasteiger partial charge in [-0.05, 0) is 73.3 Å². The Balaban J connectivity index is -0.000000990. The predicted molar refractivity (Wildman–Crippen MR) is 241 cm³/mol. The molecule has 0 fully saturated rings. The summed E-state index contributed by atoms with van der Waals surface area (Å²) in [6.45, 7) is 8.18. The standard InChI is InChI=1S/C33H62N12O9.3C2HF3O2/c1-18(13-26(47)41-20(3)15-28(49)45-24(32(53)54)9-6-7-11-34)39-25(46)14-19(2)40-27(48)16-21(4)42-30(51)22(5)43-31(52)23(44-29(50)17-35)10-8-12-38-33(36)37;3*3-2(4,5)1(6)7/h18-24H,6-17,34-35H2,1-5H3,(H,39,46)(H,40,48)(H,41,47)(H,42,51)(H,43,52)(H,44,50)(H,45,49)(H,53,54)(H4,36,37,38);3*(H,6,7)/t18-,19-,20-,21-,22+,23+,24+;;;/m1.../s1. The fraction of sp³-hybridized carbons (Fsp3) is 0.692. The molecule has 0 rings (SSSR count). The fourth-order valence-corrected chi connectivity index (χ4v) is 5.09. The third-order valence-electron chi connectivity index (χ3n) is 8.42. The molecule has 7 atom stereocenters. The van der Waals surface area contributed by atoms with Crippen LogP contribution < -0.4 is 60.2 Å². The molecule has 0 radical (unpaired) electrons. The number of unbranched alkanes of at least 4 members (excludes halogenated alkanes) is 1. The molecule has 0 aromatic carbocycles. The zero-order valence-electron chi connectivity index (χ0n) is 41.0. The van der Waals surface area contributed by atoms with Crippen molar-refractivity contribution in [2.75, 3.05) is 19.6 Å². The van der Waals surface area contributed by atoms with Crippen molar-refractivity contribution in [3.8, 4) is 0 Å². The second kappa shape index (κ2) is 37.5. The zero-order valence-corrected chi connectivity index (χ0v) is 41.0. The molecule has 0 saturated carbocycles. The molecular formula is C39H65F9N12O15. The number of halogens is 9. The van der Waals surface area contributed by atoms with Crippen LogP contribution in [0.15, 0.2) is 4.99 Å². The maximum atomic E-state index is 12.8. The molecule has 75 heavy (non-hydrogen) atoms. The second-order valence-electron chi connectivity index (χ2n) is 15.8. The number of alkyl halides is 9. The van der Waals surface area contributed by atoms with Crippen LogP contribution in [0.5, 0.6) is 0 Å². The van der Waals surface area contributed by atoms with Crippen molar-refractivity contribution in [2.24, 2.45) is 27.9 Å². The normalized spacial score (nSPS) is 13.7. The Labute approximate surface area is 421 Å². The highest BCUT2D eigenvalue weighted by Crippen LogP contribution is 2.14. The Bertz CT molecular complexity index is 1850. The average molecular weight is 1110 g/mol. The number of carbonyl (C=O) groups excluding carboxylic acids is 7. The highest BCUT2D eigenvalue weighted by molar-refractivity contribution is 5.92. The number of nitrogens with two attached hydrogens (primary N) is 4. The highest BCUT2D eigenvalue weighted by atomic mass is 19.4. The van der Waals surface area contributed by atoms with Gasteiger partial charge in [0, 0.05) is 56.4 Å². The molecule has 434 valence electrons. The number of rotatable bonds is 27. The van der Waals surface area contributed by atoms with Crippen molar-refractivity contribution in [3.05, 3.63) is 0 Å². The molecule has 27 nitrogen and oxygen atoms in total. The molecule has 0 aromatic heterocycles. The van der Waals surface area contributed by atoms with Gasteiger partial charge in [0.05, 0.1) is 6.54 Å². The minimum absolute atomic E-state index is 0.0895. The van der Waals surface area contributed by atoms with Crippen molar-refractivity contribution in [1.29, 1.82) is 0 Å². The van der Waals surface area contributed by atoms with Gasteiger partial charge < -0.3 is 80.6 Å². The van der Waals surface area contributed by atoms with E-state index < -0.39 is 126 Å². The van der Waals surface area contributed by atoms with Crippen LogP contribution in [-0.2, 0) is 52.7 Å². The van der Waals surface area contributed by atoms with Crippen LogP contribution in [0.4, 0.5) is 39.5 Å². The van der Waals surface area contributed by atoms with E-state index in [0.29, 0.717) is 25.8 Å². The van der Waals surface area contributed by atoms with Gasteiger partial charge in [0.25, 0.3) is 0 Å². The Morgan fingerprint density at radius 3 is 1.08 bits per heavy atom. The minimum Gasteiger partial charge on any atom is -0.480 e. The van der Waals surface area contributed by atoms with E-state index in [4.69, 9.17) is 52.6 Å². The van der Waals surface area contributed by atoms with Crippen LogP contribution in [-0.4, -0.2) is 172 Å². The number of carbonyl (C=O) groups is 11. The SMILES string of the molecule is C[C@H](CC(=O)N[C@H](C)CC(=O)N[C@@H](CCCCN)C(=O)O)NC(=O)C[C@@H](C)NC(=O)C[C@@H](C)NC(=O)[C@H](C)NC(=O)[C@H](CCCN=C(N)N)NC(=O)CN.O=C(O)C(F)(F)F.O=C(O)C(F)(F)F.O=C(O)C(F)(F)F. The van der Waals surface area contributed by atoms with Crippen LogP contribution in [0.25, 0.3) is 0 Å². The van der Waals surface area contributed by atoms with E-state index in [-0.39, 0.29) is 57.6 Å². The van der Waals surface area contributed by atoms with E-state index >= 15 is 0 Å². The van der Waals surface area contributed by atoms with Crippen molar-refractivity contribution in [1.82, 2.24) is 37.2 Å². The molecular weight excluding hydrogens is 1050 g/mol. The van der Waals surface area contributed by atoms with Crippen LogP contribution in [0.1, 0.15) is 92.4 Å². The first-order valence-corrected chi connectivity index (χ1v) is 21.8. The lowest BCUT2D eigenvalue weighted by molar-refractivity contribution is -0.193. The van der Waals surface area contributed by atoms with Gasteiger partial charge in [-0.3, -0.25) is 38.6 Å². The summed E-state index contributed by atoms with van der Waals surface area (Å²) in [6, 6.07) is -5.44. The van der Waals surface area contributed by atoms with Crippen LogP contribution in [0, 0.1) is 0 Å². The molecule has 19 N–H and O–H groups in total. The molecule has 0 aliphatic rings. The average Bonchev–Trinajstić information content (AvgIpc) is 3.23. The van der Waals surface area contributed by atoms with Gasteiger partial charge in [-0.1, -0.05) is 0 Å². The molecule has 0 aliphatic carbocycles. The molecule has 0 aliphatic heterocycles. The lowest BCUT2D eigenvalue weighted by Gasteiger charge is -2.22. The van der Waals surface area contributed by atoms with Crippen molar-refractivity contribution in [2.45, 2.75) is 153 Å². The smallest absolute Gasteiger partial charge is 0.480 e. The molecule has 0 bridgehead atoms. The summed E-state index contributed by atoms with van der Waals surface area (Å²) in [5.74, 6) is -13.1. The summed E-state index contributed by atoms with van der Waals surface area (Å²) in [5, 5.41) is 48.9. The number of amides is 7. The van der Waals surface area contributed by atoms with E-state index in [1.54, 1.807) is 27.7 Å². The lowest BCUT2D eigenvalue weighted by atomic mass is 10.1. The van der Waals surface area contributed by atoms with E-state index in [9.17, 15) is 83.0 Å². The number of nitrogens with zero attached hydrogens (tertiary/aromatic N) is 1. The number of hydrogen-bond donors (Lipinski definition) is 15. The van der Waals surface area contributed by atoms with E-state index in [1.807, 2.05) is 0 Å². The van der Waals surface area contributed by atoms with Crippen LogP contribution in [0.2, 0.25) is 0 Å². The van der Waals surface area contributed by atoms with E-state index in [2.05, 4.69) is 42.2 Å². The van der Waals surface area contributed by atoms with Gasteiger partial charge in [-0.15, -0.1) is 0 Å². The molecule has 7 amide bonds. The number of aliphatic carboxylic acids is 4. The summed E-state index contributed by atoms with van der Waals surface area (Å²) >= 11 is 0. The molecule has 0 saturated heterocycles. The van der Waals surface area contributed by atoms with Gasteiger partial charge in [-0.2, -0.15) is 39.5 Å². The number of carboxylic acid groups (broad SMARTS) is 4. The van der Waals surface area contributed by atoms with Crippen LogP contribution >= 0.6 is 0 Å². The number of hydrogen-bond acceptors (Lipinski definition) is 14. The van der Waals surface area contributed by atoms with Gasteiger partial charge in [-0.25, -0.2) is 19.2 Å². The number of aliphatic imine (C=N–C) groups is 1. The molecule has 36 heteroatoms. The second-order valence-corrected chi connectivity index (χ2v) is 15.8. The van der Waals surface area contributed by atoms with Crippen molar-refractivity contribution >= 4 is 71.2 Å². The Morgan fingerprint density at radius 1 is 0.453 bits per heavy atom. The predicted octanol–water partition coefficient (Wildman–Crippen LogP) is -1.83. The molecule has 0 heterocycles. The Morgan fingerprint density at radius 2 is 0.773 bits per heavy atom. The topological polar surface area (TPSA) is 469 Å². The first-order chi connectivity index (χ1) is 34.1. The summed E-state index contributed by atoms with van der Waals surface area (Å²) in [7, 11) is 0. The van der Waals surface area contributed by atoms with Crippen molar-refractivity contribution < 1.29 is 113 Å². The fourth-order valence-electron chi connectivity index (χ4n) is 5.09. The number of guanidine groups is 1. The molecule has 0 aromatic rings. The van der Waals surface area contributed by atoms with Gasteiger partial charge >= 0.3 is 42.4 Å². The lowest BCUT2D eigenvalue weighted by Crippen LogP contribution is -2.54. The molecule has 0 unspecified atom stereocenters. The van der Waals surface area contributed by atoms with E-state index in [1.165, 1.54) is 6.92 Å². The first-order valence-electron chi connectivity index (χ1n) is 21.8. The minimum atomic E-state index is -5.08. The van der Waals surface area contributed by atoms with Crippen LogP contribution in [0.3, 0.4) is 0 Å². The van der Waals surface area contributed by atoms with Gasteiger partial charge in [0.15, 0.2) is 5.96 Å². The summed E-state index contributed by atoms with van der Waals surface area (Å²) in [6.07, 6.45) is -13.7. The quantitative estimate of drug-likeness (QED) is 0.0186. The Hall–Kier alpha value is -7.27. The maximum absolute atomic E-state index is 12.8. The summed E-state index contributed by atoms with van der Waals surface area (Å²) < 4.78 is 95.2. The monoisotopic (exact) mass is 1110 g/mol. The molecule has 0 spiro atoms. The highest BCUT2D eigenvalue weighted by Gasteiger charge is 2.39. The van der Waals surface area contributed by atoms with E-state index in [0.717, 1.165) is 0 Å². The largest absolute Gasteiger partial charge is 0.490 e. The number of nitrogens with one attached hydrogen (secondary N) is 7. The van der Waals surface area contributed by atoms with Gasteiger partial charge in [0.2, 0.25) is 41.4 Å². The number of carboxylic acids is 4. The first kappa shape index (κ1) is 74.3. The maximum Gasteiger partial charge on any atom is 0.490 e. The van der Waals surface area contributed by atoms with Gasteiger partial charge in [0.1, 0.15) is 18.1 Å². The van der Waals surface area contributed by atoms with Crippen molar-refractivity contribution in [3.63, 3.8) is 0 Å².